The average Bonchev–Trinajstić information content (AvgIpc) is 2.80. The third kappa shape index (κ3) is 3.76. The Kier molecular flexibility index (Phi) is 5.49. The fourth-order valence-electron chi connectivity index (χ4n) is 1.94. The van der Waals surface area contributed by atoms with E-state index in [-0.39, 0.29) is 0 Å². The van der Waals surface area contributed by atoms with Gasteiger partial charge < -0.3 is 9.72 Å². The number of aromatic nitrogens is 2. The van der Waals surface area contributed by atoms with E-state index in [0.29, 0.717) is 6.04 Å². The van der Waals surface area contributed by atoms with Gasteiger partial charge in [0.05, 0.1) is 5.69 Å². The summed E-state index contributed by atoms with van der Waals surface area (Å²) in [5.74, 6) is 1.87. The maximum atomic E-state index is 4.78. The van der Waals surface area contributed by atoms with Gasteiger partial charge in [-0.25, -0.2) is 4.98 Å². The SMILES string of the molecule is CCC(C)CSc1nc2ccccn2c1CNC(C)C. The summed E-state index contributed by atoms with van der Waals surface area (Å²) in [4.78, 5) is 4.78. The number of pyridine rings is 1. The Morgan fingerprint density at radius 2 is 2.10 bits per heavy atom. The molecule has 3 nitrogen and oxygen atoms in total. The van der Waals surface area contributed by atoms with Gasteiger partial charge >= 0.3 is 0 Å². The third-order valence-electron chi connectivity index (χ3n) is 3.47. The fourth-order valence-corrected chi connectivity index (χ4v) is 3.11. The van der Waals surface area contributed by atoms with Gasteiger partial charge in [0.25, 0.3) is 0 Å². The molecule has 4 heteroatoms. The number of thioether (sulfide) groups is 1. The number of fused-ring (bicyclic) bond motifs is 1. The van der Waals surface area contributed by atoms with Crippen molar-refractivity contribution in [3.8, 4) is 0 Å². The molecular formula is C16H25N3S. The largest absolute Gasteiger partial charge is 0.309 e. The lowest BCUT2D eigenvalue weighted by molar-refractivity contribution is 0.574. The summed E-state index contributed by atoms with van der Waals surface area (Å²) >= 11 is 1.89. The number of imidazole rings is 1. The van der Waals surface area contributed by atoms with Crippen LogP contribution in [0.3, 0.4) is 0 Å². The van der Waals surface area contributed by atoms with Crippen molar-refractivity contribution in [3.05, 3.63) is 30.1 Å². The first-order valence-electron chi connectivity index (χ1n) is 7.44. The van der Waals surface area contributed by atoms with Crippen LogP contribution >= 0.6 is 11.8 Å². The highest BCUT2D eigenvalue weighted by molar-refractivity contribution is 7.99. The summed E-state index contributed by atoms with van der Waals surface area (Å²) in [6.45, 7) is 9.76. The Balaban J connectivity index is 2.24. The molecule has 0 saturated carbocycles. The van der Waals surface area contributed by atoms with E-state index in [1.54, 1.807) is 0 Å². The van der Waals surface area contributed by atoms with Crippen LogP contribution in [0.4, 0.5) is 0 Å². The minimum atomic E-state index is 0.483. The maximum Gasteiger partial charge on any atom is 0.138 e. The molecule has 0 aromatic carbocycles. The van der Waals surface area contributed by atoms with Crippen molar-refractivity contribution < 1.29 is 0 Å². The zero-order valence-electron chi connectivity index (χ0n) is 12.9. The van der Waals surface area contributed by atoms with Crippen LogP contribution in [0.1, 0.15) is 39.8 Å². The molecule has 2 aromatic heterocycles. The summed E-state index contributed by atoms with van der Waals surface area (Å²) in [7, 11) is 0. The second-order valence-corrected chi connectivity index (χ2v) is 6.66. The molecule has 0 radical (unpaired) electrons. The number of nitrogens with one attached hydrogen (secondary N) is 1. The van der Waals surface area contributed by atoms with E-state index in [0.717, 1.165) is 23.9 Å². The lowest BCUT2D eigenvalue weighted by Gasteiger charge is -2.11. The zero-order chi connectivity index (χ0) is 14.5. The minimum absolute atomic E-state index is 0.483. The van der Waals surface area contributed by atoms with Crippen molar-refractivity contribution >= 4 is 17.4 Å². The van der Waals surface area contributed by atoms with Gasteiger partial charge in [0.2, 0.25) is 0 Å². The van der Waals surface area contributed by atoms with E-state index in [1.165, 1.54) is 17.1 Å². The predicted octanol–water partition coefficient (Wildman–Crippen LogP) is 3.97. The van der Waals surface area contributed by atoms with Gasteiger partial charge in [-0.3, -0.25) is 0 Å². The molecule has 20 heavy (non-hydrogen) atoms. The summed E-state index contributed by atoms with van der Waals surface area (Å²) < 4.78 is 2.20. The molecule has 0 aliphatic rings. The molecule has 0 saturated heterocycles. The molecule has 1 unspecified atom stereocenters. The fraction of sp³-hybridized carbons (Fsp3) is 0.562. The van der Waals surface area contributed by atoms with E-state index in [9.17, 15) is 0 Å². The summed E-state index contributed by atoms with van der Waals surface area (Å²) in [6.07, 6.45) is 3.33. The Morgan fingerprint density at radius 3 is 2.80 bits per heavy atom. The average molecular weight is 291 g/mol. The Hall–Kier alpha value is -1.00. The van der Waals surface area contributed by atoms with Crippen LogP contribution in [0, 0.1) is 5.92 Å². The first kappa shape index (κ1) is 15.4. The van der Waals surface area contributed by atoms with Crippen molar-refractivity contribution in [1.29, 1.82) is 0 Å². The predicted molar refractivity (Wildman–Crippen MR) is 87.3 cm³/mol. The van der Waals surface area contributed by atoms with Gasteiger partial charge in [0, 0.05) is 24.5 Å². The van der Waals surface area contributed by atoms with Crippen molar-refractivity contribution in [2.24, 2.45) is 5.92 Å². The molecule has 1 N–H and O–H groups in total. The second kappa shape index (κ2) is 7.14. The standard InChI is InChI=1S/C16H25N3S/c1-5-13(4)11-20-16-14(10-17-12(2)3)19-9-7-6-8-15(19)18-16/h6-9,12-13,17H,5,10-11H2,1-4H3. The minimum Gasteiger partial charge on any atom is -0.309 e. The van der Waals surface area contributed by atoms with Crippen LogP contribution in [0.5, 0.6) is 0 Å². The van der Waals surface area contributed by atoms with E-state index in [2.05, 4.69) is 55.7 Å². The molecule has 2 aromatic rings. The highest BCUT2D eigenvalue weighted by atomic mass is 32.2. The van der Waals surface area contributed by atoms with Crippen LogP contribution in [-0.4, -0.2) is 21.2 Å². The normalized spacial score (nSPS) is 13.2. The van der Waals surface area contributed by atoms with Gasteiger partial charge in [-0.05, 0) is 18.1 Å². The van der Waals surface area contributed by atoms with Crippen LogP contribution in [0.15, 0.2) is 29.4 Å². The van der Waals surface area contributed by atoms with Crippen LogP contribution in [0.25, 0.3) is 5.65 Å². The smallest absolute Gasteiger partial charge is 0.138 e. The molecule has 2 heterocycles. The molecule has 110 valence electrons. The topological polar surface area (TPSA) is 29.3 Å². The summed E-state index contributed by atoms with van der Waals surface area (Å²) in [5.41, 5.74) is 2.32. The second-order valence-electron chi connectivity index (χ2n) is 5.65. The number of rotatable bonds is 7. The molecule has 0 amide bonds. The summed E-state index contributed by atoms with van der Waals surface area (Å²) in [6, 6.07) is 6.67. The first-order chi connectivity index (χ1) is 9.61. The zero-order valence-corrected chi connectivity index (χ0v) is 13.7. The maximum absolute atomic E-state index is 4.78. The molecule has 0 spiro atoms. The Bertz CT molecular complexity index is 548. The lowest BCUT2D eigenvalue weighted by Crippen LogP contribution is -2.23. The molecule has 0 fully saturated rings. The van der Waals surface area contributed by atoms with Crippen molar-refractivity contribution in [3.63, 3.8) is 0 Å². The monoisotopic (exact) mass is 291 g/mol. The van der Waals surface area contributed by atoms with Crippen molar-refractivity contribution in [2.75, 3.05) is 5.75 Å². The number of hydrogen-bond donors (Lipinski definition) is 1. The molecule has 0 aliphatic carbocycles. The molecule has 0 bridgehead atoms. The quantitative estimate of drug-likeness (QED) is 0.783. The van der Waals surface area contributed by atoms with E-state index in [4.69, 9.17) is 4.98 Å². The first-order valence-corrected chi connectivity index (χ1v) is 8.42. The van der Waals surface area contributed by atoms with E-state index < -0.39 is 0 Å². The highest BCUT2D eigenvalue weighted by Crippen LogP contribution is 2.26. The number of nitrogens with zero attached hydrogens (tertiary/aromatic N) is 2. The third-order valence-corrected chi connectivity index (χ3v) is 4.81. The molecule has 2 rings (SSSR count). The summed E-state index contributed by atoms with van der Waals surface area (Å²) in [5, 5.41) is 4.68. The van der Waals surface area contributed by atoms with Gasteiger partial charge in [-0.1, -0.05) is 40.2 Å². The van der Waals surface area contributed by atoms with Gasteiger partial charge in [0.15, 0.2) is 0 Å². The Morgan fingerprint density at radius 1 is 1.30 bits per heavy atom. The molecule has 1 atom stereocenters. The van der Waals surface area contributed by atoms with Gasteiger partial charge in [-0.15, -0.1) is 11.8 Å². The van der Waals surface area contributed by atoms with Crippen molar-refractivity contribution in [2.45, 2.75) is 51.7 Å². The highest BCUT2D eigenvalue weighted by Gasteiger charge is 2.13. The van der Waals surface area contributed by atoms with Crippen LogP contribution in [0.2, 0.25) is 0 Å². The van der Waals surface area contributed by atoms with Crippen LogP contribution < -0.4 is 5.32 Å². The van der Waals surface area contributed by atoms with Gasteiger partial charge in [0.1, 0.15) is 10.7 Å². The van der Waals surface area contributed by atoms with E-state index >= 15 is 0 Å². The molecule has 0 aliphatic heterocycles. The molecular weight excluding hydrogens is 266 g/mol. The van der Waals surface area contributed by atoms with Gasteiger partial charge in [-0.2, -0.15) is 0 Å². The van der Waals surface area contributed by atoms with Crippen molar-refractivity contribution in [1.82, 2.24) is 14.7 Å². The Labute approximate surface area is 126 Å². The van der Waals surface area contributed by atoms with Crippen LogP contribution in [-0.2, 0) is 6.54 Å². The van der Waals surface area contributed by atoms with E-state index in [1.807, 2.05) is 17.8 Å². The lowest BCUT2D eigenvalue weighted by atomic mass is 10.2. The number of hydrogen-bond acceptors (Lipinski definition) is 3.